The predicted molar refractivity (Wildman–Crippen MR) is 149 cm³/mol. The van der Waals surface area contributed by atoms with E-state index in [0.29, 0.717) is 56.0 Å². The Morgan fingerprint density at radius 1 is 1.13 bits per heavy atom. The number of ether oxygens (including phenoxy) is 2. The maximum atomic E-state index is 14.1. The molecule has 0 unspecified atom stereocenters. The molecule has 0 radical (unpaired) electrons. The van der Waals surface area contributed by atoms with Crippen LogP contribution >= 0.6 is 27.7 Å². The molecule has 3 aromatic carbocycles. The van der Waals surface area contributed by atoms with Gasteiger partial charge in [-0.1, -0.05) is 24.3 Å². The minimum absolute atomic E-state index is 0.0223. The number of carboxylic acids is 1. The third-order valence-corrected chi connectivity index (χ3v) is 7.08. The summed E-state index contributed by atoms with van der Waals surface area (Å²) in [5, 5.41) is 9.71. The quantitative estimate of drug-likeness (QED) is 0.270. The summed E-state index contributed by atoms with van der Waals surface area (Å²) < 4.78 is 26.3. The molecule has 1 heterocycles. The number of nitrogens with zero attached hydrogens (tertiary/aromatic N) is 2. The Morgan fingerprint density at radius 2 is 1.92 bits per heavy atom. The van der Waals surface area contributed by atoms with Crippen LogP contribution in [0.25, 0.3) is 6.08 Å². The Bertz CT molecular complexity index is 1440. The molecule has 0 aliphatic carbocycles. The second-order valence-electron chi connectivity index (χ2n) is 8.05. The molecule has 1 fully saturated rings. The number of carboxylic acid groups (broad SMARTS) is 1. The average Bonchev–Trinajstić information content (AvgIpc) is 3.18. The summed E-state index contributed by atoms with van der Waals surface area (Å²) in [5.41, 5.74) is 1.67. The molecule has 0 atom stereocenters. The van der Waals surface area contributed by atoms with Crippen LogP contribution in [0, 0.1) is 5.82 Å². The zero-order valence-electron chi connectivity index (χ0n) is 20.6. The Hall–Kier alpha value is -3.63. The Morgan fingerprint density at radius 3 is 2.63 bits per heavy atom. The van der Waals surface area contributed by atoms with E-state index >= 15 is 0 Å². The van der Waals surface area contributed by atoms with Gasteiger partial charge in [0.2, 0.25) is 0 Å². The van der Waals surface area contributed by atoms with E-state index in [-0.39, 0.29) is 23.9 Å². The fourth-order valence-electron chi connectivity index (χ4n) is 3.68. The van der Waals surface area contributed by atoms with Crippen molar-refractivity contribution in [2.24, 2.45) is 4.99 Å². The maximum absolute atomic E-state index is 14.1. The van der Waals surface area contributed by atoms with Crippen LogP contribution in [0.3, 0.4) is 0 Å². The number of amidine groups is 1. The number of aromatic carboxylic acids is 1. The summed E-state index contributed by atoms with van der Waals surface area (Å²) in [6.07, 6.45) is 1.74. The summed E-state index contributed by atoms with van der Waals surface area (Å²) >= 11 is 4.73. The van der Waals surface area contributed by atoms with Crippen molar-refractivity contribution in [1.29, 1.82) is 0 Å². The predicted octanol–water partition coefficient (Wildman–Crippen LogP) is 6.89. The second kappa shape index (κ2) is 12.3. The summed E-state index contributed by atoms with van der Waals surface area (Å²) in [4.78, 5) is 31.0. The van der Waals surface area contributed by atoms with Crippen LogP contribution < -0.4 is 9.47 Å². The zero-order chi connectivity index (χ0) is 27.2. The molecule has 1 amide bonds. The molecule has 1 saturated heterocycles. The summed E-state index contributed by atoms with van der Waals surface area (Å²) in [5.74, 6) is -0.732. The van der Waals surface area contributed by atoms with Gasteiger partial charge in [0.05, 0.1) is 27.2 Å². The van der Waals surface area contributed by atoms with Crippen LogP contribution in [-0.4, -0.2) is 40.2 Å². The minimum atomic E-state index is -1.05. The lowest BCUT2D eigenvalue weighted by Gasteiger charge is -2.15. The number of benzene rings is 3. The maximum Gasteiger partial charge on any atom is 0.335 e. The highest BCUT2D eigenvalue weighted by atomic mass is 79.9. The van der Waals surface area contributed by atoms with Gasteiger partial charge in [0.25, 0.3) is 5.91 Å². The van der Waals surface area contributed by atoms with Gasteiger partial charge in [-0.2, -0.15) is 0 Å². The van der Waals surface area contributed by atoms with Crippen LogP contribution in [0.4, 0.5) is 10.1 Å². The zero-order valence-corrected chi connectivity index (χ0v) is 23.0. The third kappa shape index (κ3) is 6.25. The molecule has 0 aromatic heterocycles. The first-order chi connectivity index (χ1) is 18.3. The first kappa shape index (κ1) is 27.4. The molecule has 196 valence electrons. The van der Waals surface area contributed by atoms with Crippen LogP contribution in [0.1, 0.15) is 35.3 Å². The molecule has 0 bridgehead atoms. The lowest BCUT2D eigenvalue weighted by Crippen LogP contribution is -2.28. The van der Waals surface area contributed by atoms with E-state index in [9.17, 15) is 19.1 Å². The first-order valence-electron chi connectivity index (χ1n) is 11.8. The molecule has 0 spiro atoms. The van der Waals surface area contributed by atoms with Crippen LogP contribution in [0.5, 0.6) is 11.5 Å². The number of amides is 1. The number of thioether (sulfide) groups is 1. The van der Waals surface area contributed by atoms with Gasteiger partial charge in [-0.15, -0.1) is 0 Å². The van der Waals surface area contributed by atoms with Gasteiger partial charge in [-0.25, -0.2) is 14.2 Å². The smallest absolute Gasteiger partial charge is 0.335 e. The third-order valence-electron chi connectivity index (χ3n) is 5.48. The van der Waals surface area contributed by atoms with Crippen molar-refractivity contribution in [3.05, 3.63) is 92.5 Å². The first-order valence-corrected chi connectivity index (χ1v) is 13.4. The molecule has 0 saturated carbocycles. The number of hydrogen-bond acceptors (Lipinski definition) is 6. The fourth-order valence-corrected chi connectivity index (χ4v) is 5.32. The second-order valence-corrected chi connectivity index (χ2v) is 9.92. The van der Waals surface area contributed by atoms with E-state index in [1.165, 1.54) is 34.9 Å². The molecule has 1 aliphatic heterocycles. The molecule has 7 nitrogen and oxygen atoms in total. The molecule has 38 heavy (non-hydrogen) atoms. The highest BCUT2D eigenvalue weighted by Crippen LogP contribution is 2.40. The van der Waals surface area contributed by atoms with Crippen molar-refractivity contribution in [2.75, 3.05) is 13.2 Å². The highest BCUT2D eigenvalue weighted by Gasteiger charge is 2.32. The van der Waals surface area contributed by atoms with Crippen molar-refractivity contribution in [3.8, 4) is 11.5 Å². The van der Waals surface area contributed by atoms with E-state index in [1.807, 2.05) is 13.8 Å². The average molecular weight is 599 g/mol. The molecule has 4 rings (SSSR count). The van der Waals surface area contributed by atoms with E-state index in [2.05, 4.69) is 20.9 Å². The van der Waals surface area contributed by atoms with Gasteiger partial charge in [0.1, 0.15) is 12.4 Å². The van der Waals surface area contributed by atoms with Crippen molar-refractivity contribution in [2.45, 2.75) is 20.5 Å². The van der Waals surface area contributed by atoms with Crippen LogP contribution in [-0.2, 0) is 11.4 Å². The minimum Gasteiger partial charge on any atom is -0.490 e. The summed E-state index contributed by atoms with van der Waals surface area (Å²) in [6.45, 7) is 4.49. The number of likely N-dealkylation sites (N-methyl/N-ethyl adjacent to an activating group) is 1. The summed E-state index contributed by atoms with van der Waals surface area (Å²) in [7, 11) is 0. The largest absolute Gasteiger partial charge is 0.490 e. The fraction of sp³-hybridized carbons (Fsp3) is 0.179. The van der Waals surface area contributed by atoms with Gasteiger partial charge in [-0.05, 0) is 89.6 Å². The normalized spacial score (nSPS) is 15.4. The Labute approximate surface area is 232 Å². The Kier molecular flexibility index (Phi) is 8.85. The van der Waals surface area contributed by atoms with Gasteiger partial charge in [0, 0.05) is 12.1 Å². The molecular weight excluding hydrogens is 575 g/mol. The lowest BCUT2D eigenvalue weighted by atomic mass is 10.1. The van der Waals surface area contributed by atoms with E-state index < -0.39 is 5.97 Å². The van der Waals surface area contributed by atoms with Gasteiger partial charge >= 0.3 is 5.97 Å². The molecule has 1 aliphatic rings. The van der Waals surface area contributed by atoms with Gasteiger partial charge in [-0.3, -0.25) is 9.69 Å². The van der Waals surface area contributed by atoms with E-state index in [4.69, 9.17) is 9.47 Å². The monoisotopic (exact) mass is 598 g/mol. The van der Waals surface area contributed by atoms with Crippen molar-refractivity contribution in [3.63, 3.8) is 0 Å². The van der Waals surface area contributed by atoms with Crippen molar-refractivity contribution in [1.82, 2.24) is 4.90 Å². The number of halogens is 2. The molecular formula is C28H24BrFN2O5S. The highest BCUT2D eigenvalue weighted by molar-refractivity contribution is 9.10. The topological polar surface area (TPSA) is 88.4 Å². The number of carbonyl (C=O) groups excluding carboxylic acids is 1. The lowest BCUT2D eigenvalue weighted by molar-refractivity contribution is -0.122. The molecule has 10 heteroatoms. The van der Waals surface area contributed by atoms with Crippen molar-refractivity contribution < 1.29 is 28.6 Å². The van der Waals surface area contributed by atoms with Crippen LogP contribution in [0.2, 0.25) is 0 Å². The Balaban J connectivity index is 1.62. The number of hydrogen-bond donors (Lipinski definition) is 1. The molecule has 1 N–H and O–H groups in total. The summed E-state index contributed by atoms with van der Waals surface area (Å²) in [6, 6.07) is 16.2. The van der Waals surface area contributed by atoms with Crippen molar-refractivity contribution >= 4 is 56.5 Å². The van der Waals surface area contributed by atoms with Gasteiger partial charge in [0.15, 0.2) is 16.7 Å². The van der Waals surface area contributed by atoms with E-state index in [0.717, 1.165) is 0 Å². The number of carbonyl (C=O) groups is 2. The number of aliphatic imine (C=N–C) groups is 1. The van der Waals surface area contributed by atoms with Crippen LogP contribution in [0.15, 0.2) is 75.0 Å². The van der Waals surface area contributed by atoms with E-state index in [1.54, 1.807) is 48.5 Å². The standard InChI is InChI=1S/C28H24BrFN2O5S/c1-3-32-26(33)24(38-28(32)31-20-10-7-9-18(15-20)27(34)35)14-17-12-21(29)25(23(13-17)36-4-2)37-16-19-8-5-6-11-22(19)30/h5-15H,3-4,16H2,1-2H3,(H,34,35)/b24-14-,31-28?. The SMILES string of the molecule is CCOc1cc(/C=C2\SC(=Nc3cccc(C(=O)O)c3)N(CC)C2=O)cc(Br)c1OCc1ccccc1F. The van der Waals surface area contributed by atoms with Gasteiger partial charge < -0.3 is 14.6 Å². The number of rotatable bonds is 9. The molecule has 3 aromatic rings.